The van der Waals surface area contributed by atoms with Crippen molar-refractivity contribution in [1.82, 2.24) is 4.90 Å². The number of piperidine rings is 1. The fraction of sp³-hybridized carbons (Fsp3) is 0.381. The third kappa shape index (κ3) is 4.44. The zero-order valence-electron chi connectivity index (χ0n) is 14.0. The molecule has 0 spiro atoms. The van der Waals surface area contributed by atoms with Crippen LogP contribution in [0.4, 0.5) is 4.39 Å². The van der Waals surface area contributed by atoms with E-state index in [-0.39, 0.29) is 11.7 Å². The number of likely N-dealkylation sites (tertiary alicyclic amines) is 1. The molecule has 2 nitrogen and oxygen atoms in total. The lowest BCUT2D eigenvalue weighted by molar-refractivity contribution is -0.132. The quantitative estimate of drug-likeness (QED) is 0.805. The molecule has 24 heavy (non-hydrogen) atoms. The van der Waals surface area contributed by atoms with Crippen LogP contribution in [0.5, 0.6) is 0 Å². The van der Waals surface area contributed by atoms with Crippen molar-refractivity contribution in [3.05, 3.63) is 71.5 Å². The average Bonchev–Trinajstić information content (AvgIpc) is 2.62. The van der Waals surface area contributed by atoms with E-state index in [1.54, 1.807) is 12.1 Å². The summed E-state index contributed by atoms with van der Waals surface area (Å²) in [4.78, 5) is 14.3. The molecule has 0 saturated carbocycles. The molecule has 3 rings (SSSR count). The van der Waals surface area contributed by atoms with Crippen molar-refractivity contribution in [2.45, 2.75) is 32.1 Å². The van der Waals surface area contributed by atoms with Crippen LogP contribution in [0.1, 0.15) is 30.4 Å². The second-order valence-electron chi connectivity index (χ2n) is 6.61. The van der Waals surface area contributed by atoms with E-state index in [0.717, 1.165) is 32.4 Å². The molecule has 3 heteroatoms. The first-order valence-electron chi connectivity index (χ1n) is 8.77. The second-order valence-corrected chi connectivity index (χ2v) is 6.61. The number of halogens is 1. The number of hydrogen-bond donors (Lipinski definition) is 0. The predicted molar refractivity (Wildman–Crippen MR) is 94.2 cm³/mol. The molecule has 2 aromatic carbocycles. The number of carbonyl (C=O) groups excluding carboxylic acids is 1. The van der Waals surface area contributed by atoms with Gasteiger partial charge in [-0.25, -0.2) is 4.39 Å². The van der Waals surface area contributed by atoms with E-state index in [1.165, 1.54) is 11.6 Å². The minimum atomic E-state index is -0.216. The Hall–Kier alpha value is -2.16. The Labute approximate surface area is 143 Å². The summed E-state index contributed by atoms with van der Waals surface area (Å²) in [6.45, 7) is 1.65. The van der Waals surface area contributed by atoms with Gasteiger partial charge in [-0.1, -0.05) is 48.5 Å². The molecular formula is C21H24FNO. The number of hydrogen-bond acceptors (Lipinski definition) is 1. The van der Waals surface area contributed by atoms with Crippen LogP contribution in [0.3, 0.4) is 0 Å². The number of rotatable bonds is 5. The van der Waals surface area contributed by atoms with Gasteiger partial charge in [0.15, 0.2) is 0 Å². The summed E-state index contributed by atoms with van der Waals surface area (Å²) < 4.78 is 13.6. The number of amides is 1. The molecule has 126 valence electrons. The Kier molecular flexibility index (Phi) is 5.63. The van der Waals surface area contributed by atoms with Crippen LogP contribution in [0, 0.1) is 11.7 Å². The topological polar surface area (TPSA) is 20.3 Å². The highest BCUT2D eigenvalue weighted by Gasteiger charge is 2.22. The van der Waals surface area contributed by atoms with Crippen molar-refractivity contribution < 1.29 is 9.18 Å². The summed E-state index contributed by atoms with van der Waals surface area (Å²) in [6, 6.07) is 17.3. The van der Waals surface area contributed by atoms with E-state index in [1.807, 2.05) is 17.0 Å². The fourth-order valence-corrected chi connectivity index (χ4v) is 3.43. The van der Waals surface area contributed by atoms with Gasteiger partial charge in [-0.2, -0.15) is 0 Å². The van der Waals surface area contributed by atoms with Crippen molar-refractivity contribution >= 4 is 5.91 Å². The first-order chi connectivity index (χ1) is 11.7. The highest BCUT2D eigenvalue weighted by atomic mass is 19.1. The molecule has 0 N–H and O–H groups in total. The molecule has 1 amide bonds. The van der Waals surface area contributed by atoms with Crippen LogP contribution in [0.25, 0.3) is 0 Å². The summed E-state index contributed by atoms with van der Waals surface area (Å²) in [5, 5.41) is 0. The van der Waals surface area contributed by atoms with Gasteiger partial charge in [0.25, 0.3) is 0 Å². The van der Waals surface area contributed by atoms with Crippen LogP contribution in [-0.2, 0) is 17.6 Å². The Morgan fingerprint density at radius 1 is 1.00 bits per heavy atom. The molecule has 0 aromatic heterocycles. The Bertz CT molecular complexity index is 663. The van der Waals surface area contributed by atoms with Crippen molar-refractivity contribution in [2.75, 3.05) is 13.1 Å². The predicted octanol–water partition coefficient (Wildman–Crippen LogP) is 4.24. The lowest BCUT2D eigenvalue weighted by Crippen LogP contribution is -2.39. The summed E-state index contributed by atoms with van der Waals surface area (Å²) in [5.74, 6) is 0.589. The zero-order chi connectivity index (χ0) is 16.8. The van der Waals surface area contributed by atoms with Crippen LogP contribution in [0.2, 0.25) is 0 Å². The Morgan fingerprint density at radius 3 is 2.38 bits per heavy atom. The monoisotopic (exact) mass is 325 g/mol. The van der Waals surface area contributed by atoms with Gasteiger partial charge >= 0.3 is 0 Å². The van der Waals surface area contributed by atoms with Gasteiger partial charge in [0.2, 0.25) is 5.91 Å². The summed E-state index contributed by atoms with van der Waals surface area (Å²) in [6.07, 6.45) is 4.08. The highest BCUT2D eigenvalue weighted by Crippen LogP contribution is 2.22. The van der Waals surface area contributed by atoms with E-state index >= 15 is 0 Å². The average molecular weight is 325 g/mol. The summed E-state index contributed by atoms with van der Waals surface area (Å²) in [5.41, 5.74) is 2.01. The highest BCUT2D eigenvalue weighted by molar-refractivity contribution is 5.76. The van der Waals surface area contributed by atoms with Crippen LogP contribution in [0.15, 0.2) is 54.6 Å². The molecule has 1 fully saturated rings. The maximum absolute atomic E-state index is 13.6. The third-order valence-electron chi connectivity index (χ3n) is 4.90. The number of benzene rings is 2. The van der Waals surface area contributed by atoms with Crippen LogP contribution in [-0.4, -0.2) is 23.9 Å². The van der Waals surface area contributed by atoms with Gasteiger partial charge in [0.05, 0.1) is 0 Å². The third-order valence-corrected chi connectivity index (χ3v) is 4.90. The van der Waals surface area contributed by atoms with Crippen LogP contribution < -0.4 is 0 Å². The maximum Gasteiger partial charge on any atom is 0.222 e. The van der Waals surface area contributed by atoms with E-state index in [2.05, 4.69) is 24.3 Å². The largest absolute Gasteiger partial charge is 0.343 e. The van der Waals surface area contributed by atoms with Gasteiger partial charge in [0.1, 0.15) is 5.82 Å². The minimum Gasteiger partial charge on any atom is -0.343 e. The van der Waals surface area contributed by atoms with E-state index in [4.69, 9.17) is 0 Å². The number of carbonyl (C=O) groups is 1. The summed E-state index contributed by atoms with van der Waals surface area (Å²) in [7, 11) is 0. The standard InChI is InChI=1S/C21H24FNO/c22-20-9-5-4-8-19(20)10-11-21(24)23-14-12-18(13-15-23)16-17-6-2-1-3-7-17/h1-9,18H,10-16H2. The van der Waals surface area contributed by atoms with Gasteiger partial charge < -0.3 is 4.90 Å². The second kappa shape index (κ2) is 8.09. The SMILES string of the molecule is O=C(CCc1ccccc1F)N1CCC(Cc2ccccc2)CC1. The Morgan fingerprint density at radius 2 is 1.67 bits per heavy atom. The van der Waals surface area contributed by atoms with E-state index < -0.39 is 0 Å². The van der Waals surface area contributed by atoms with Gasteiger partial charge in [-0.15, -0.1) is 0 Å². The first kappa shape index (κ1) is 16.7. The maximum atomic E-state index is 13.6. The molecule has 0 bridgehead atoms. The van der Waals surface area contributed by atoms with Gasteiger partial charge in [-0.05, 0) is 48.8 Å². The lowest BCUT2D eigenvalue weighted by atomic mass is 9.90. The molecular weight excluding hydrogens is 301 g/mol. The smallest absolute Gasteiger partial charge is 0.222 e. The van der Waals surface area contributed by atoms with E-state index in [0.29, 0.717) is 24.3 Å². The molecule has 0 atom stereocenters. The Balaban J connectivity index is 1.44. The molecule has 1 aliphatic heterocycles. The zero-order valence-corrected chi connectivity index (χ0v) is 14.0. The van der Waals surface area contributed by atoms with Crippen molar-refractivity contribution in [1.29, 1.82) is 0 Å². The molecule has 2 aromatic rings. The fourth-order valence-electron chi connectivity index (χ4n) is 3.43. The van der Waals surface area contributed by atoms with Gasteiger partial charge in [0, 0.05) is 19.5 Å². The number of aryl methyl sites for hydroxylation is 1. The molecule has 0 aliphatic carbocycles. The van der Waals surface area contributed by atoms with Crippen molar-refractivity contribution in [3.8, 4) is 0 Å². The van der Waals surface area contributed by atoms with E-state index in [9.17, 15) is 9.18 Å². The van der Waals surface area contributed by atoms with Crippen molar-refractivity contribution in [3.63, 3.8) is 0 Å². The van der Waals surface area contributed by atoms with Crippen LogP contribution >= 0.6 is 0 Å². The first-order valence-corrected chi connectivity index (χ1v) is 8.77. The van der Waals surface area contributed by atoms with Crippen molar-refractivity contribution in [2.24, 2.45) is 5.92 Å². The lowest BCUT2D eigenvalue weighted by Gasteiger charge is -2.32. The molecule has 1 aliphatic rings. The molecule has 1 saturated heterocycles. The molecule has 0 radical (unpaired) electrons. The number of nitrogens with zero attached hydrogens (tertiary/aromatic N) is 1. The minimum absolute atomic E-state index is 0.149. The normalized spacial score (nSPS) is 15.5. The molecule has 0 unspecified atom stereocenters. The summed E-state index contributed by atoms with van der Waals surface area (Å²) >= 11 is 0. The van der Waals surface area contributed by atoms with Gasteiger partial charge in [-0.3, -0.25) is 4.79 Å². The molecule has 1 heterocycles.